The van der Waals surface area contributed by atoms with Crippen molar-refractivity contribution in [3.8, 4) is 0 Å². The van der Waals surface area contributed by atoms with Crippen LogP contribution in [0.3, 0.4) is 0 Å². The van der Waals surface area contributed by atoms with Gasteiger partial charge >= 0.3 is 0 Å². The quantitative estimate of drug-likeness (QED) is 0.612. The van der Waals surface area contributed by atoms with Gasteiger partial charge in [-0.3, -0.25) is 4.79 Å². The maximum atomic E-state index is 13.2. The van der Waals surface area contributed by atoms with E-state index >= 15 is 0 Å². The number of sulfonamides is 1. The number of piperidine rings is 1. The van der Waals surface area contributed by atoms with Crippen LogP contribution in [0.1, 0.15) is 29.5 Å². The van der Waals surface area contributed by atoms with Crippen molar-refractivity contribution in [1.82, 2.24) is 9.29 Å². The van der Waals surface area contributed by atoms with Crippen LogP contribution in [0.25, 0.3) is 11.1 Å². The van der Waals surface area contributed by atoms with E-state index in [0.29, 0.717) is 43.1 Å². The summed E-state index contributed by atoms with van der Waals surface area (Å²) in [5, 5.41) is 0. The summed E-state index contributed by atoms with van der Waals surface area (Å²) in [6.07, 6.45) is 1.09. The Morgan fingerprint density at radius 1 is 1.10 bits per heavy atom. The lowest BCUT2D eigenvalue weighted by Crippen LogP contribution is -2.43. The highest BCUT2D eigenvalue weighted by molar-refractivity contribution is 7.89. The summed E-state index contributed by atoms with van der Waals surface area (Å²) < 4.78 is 33.2. The van der Waals surface area contributed by atoms with Gasteiger partial charge in [-0.1, -0.05) is 29.8 Å². The average Bonchev–Trinajstić information content (AvgIpc) is 3.16. The lowest BCUT2D eigenvalue weighted by atomic mass is 9.96. The molecule has 0 unspecified atom stereocenters. The molecule has 8 heteroatoms. The zero-order valence-corrected chi connectivity index (χ0v) is 19.1. The van der Waals surface area contributed by atoms with Crippen molar-refractivity contribution in [2.75, 3.05) is 25.0 Å². The van der Waals surface area contributed by atoms with E-state index in [1.54, 1.807) is 13.8 Å². The highest BCUT2D eigenvalue weighted by atomic mass is 32.2. The van der Waals surface area contributed by atoms with Crippen LogP contribution in [-0.2, 0) is 14.8 Å². The number of hydrogen-bond acceptors (Lipinski definition) is 6. The van der Waals surface area contributed by atoms with Gasteiger partial charge < -0.3 is 9.32 Å². The fourth-order valence-corrected chi connectivity index (χ4v) is 5.99. The SMILES string of the molecule is Cc1cc(C)c(S(=O)(=O)N(C)C(=O)C2CCN(c3nc4ccccc4o3)CC2)c(C)c1. The third-order valence-corrected chi connectivity index (χ3v) is 7.99. The molecule has 31 heavy (non-hydrogen) atoms. The van der Waals surface area contributed by atoms with Gasteiger partial charge in [-0.25, -0.2) is 12.7 Å². The molecule has 3 aromatic rings. The van der Waals surface area contributed by atoms with Crippen LogP contribution in [0, 0.1) is 26.7 Å². The third-order valence-electron chi connectivity index (χ3n) is 5.93. The number of aryl methyl sites for hydroxylation is 3. The molecule has 1 aromatic heterocycles. The second-order valence-corrected chi connectivity index (χ2v) is 10.2. The molecule has 1 aliphatic heterocycles. The first-order valence-electron chi connectivity index (χ1n) is 10.4. The molecule has 164 valence electrons. The number of rotatable bonds is 4. The van der Waals surface area contributed by atoms with Gasteiger partial charge in [-0.15, -0.1) is 0 Å². The van der Waals surface area contributed by atoms with Gasteiger partial charge in [0.25, 0.3) is 16.0 Å². The number of fused-ring (bicyclic) bond motifs is 1. The molecule has 0 aliphatic carbocycles. The van der Waals surface area contributed by atoms with Crippen LogP contribution in [0.4, 0.5) is 6.01 Å². The summed E-state index contributed by atoms with van der Waals surface area (Å²) in [6, 6.07) is 11.8. The van der Waals surface area contributed by atoms with Crippen molar-refractivity contribution in [3.63, 3.8) is 0 Å². The van der Waals surface area contributed by atoms with Crippen molar-refractivity contribution in [2.24, 2.45) is 5.92 Å². The van der Waals surface area contributed by atoms with Crippen LogP contribution in [0.15, 0.2) is 45.7 Å². The smallest absolute Gasteiger partial charge is 0.298 e. The van der Waals surface area contributed by atoms with Crippen LogP contribution >= 0.6 is 0 Å². The van der Waals surface area contributed by atoms with E-state index < -0.39 is 10.0 Å². The normalized spacial score (nSPS) is 15.4. The predicted molar refractivity (Wildman–Crippen MR) is 120 cm³/mol. The number of anilines is 1. The fourth-order valence-electron chi connectivity index (χ4n) is 4.40. The molecule has 7 nitrogen and oxygen atoms in total. The van der Waals surface area contributed by atoms with E-state index in [1.807, 2.05) is 48.2 Å². The molecule has 1 fully saturated rings. The van der Waals surface area contributed by atoms with Crippen molar-refractivity contribution in [2.45, 2.75) is 38.5 Å². The van der Waals surface area contributed by atoms with Crippen molar-refractivity contribution in [3.05, 3.63) is 53.1 Å². The summed E-state index contributed by atoms with van der Waals surface area (Å²) in [5.41, 5.74) is 3.83. The Labute approximate surface area is 182 Å². The van der Waals surface area contributed by atoms with E-state index in [1.165, 1.54) is 7.05 Å². The number of carbonyl (C=O) groups is 1. The summed E-state index contributed by atoms with van der Waals surface area (Å²) in [5.74, 6) is -0.719. The summed E-state index contributed by atoms with van der Waals surface area (Å²) in [7, 11) is -2.54. The summed E-state index contributed by atoms with van der Waals surface area (Å²) in [6.45, 7) is 6.63. The minimum Gasteiger partial charge on any atom is -0.423 e. The Morgan fingerprint density at radius 3 is 2.32 bits per heavy atom. The Bertz CT molecular complexity index is 1180. The van der Waals surface area contributed by atoms with Gasteiger partial charge in [-0.2, -0.15) is 4.98 Å². The molecule has 4 rings (SSSR count). The van der Waals surface area contributed by atoms with Crippen LogP contribution < -0.4 is 4.90 Å². The number of hydrogen-bond donors (Lipinski definition) is 0. The molecule has 0 spiro atoms. The van der Waals surface area contributed by atoms with E-state index in [0.717, 1.165) is 21.0 Å². The average molecular weight is 442 g/mol. The molecule has 2 heterocycles. The van der Waals surface area contributed by atoms with Gasteiger partial charge in [0.2, 0.25) is 5.91 Å². The van der Waals surface area contributed by atoms with Gasteiger partial charge in [0.05, 0.1) is 4.90 Å². The van der Waals surface area contributed by atoms with Crippen LogP contribution in [-0.4, -0.2) is 43.8 Å². The Kier molecular flexibility index (Phi) is 5.51. The molecule has 0 radical (unpaired) electrons. The first-order chi connectivity index (χ1) is 14.7. The van der Waals surface area contributed by atoms with E-state index in [4.69, 9.17) is 4.42 Å². The number of oxazole rings is 1. The Hall–Kier alpha value is -2.87. The Morgan fingerprint density at radius 2 is 1.71 bits per heavy atom. The molecular weight excluding hydrogens is 414 g/mol. The van der Waals surface area contributed by atoms with Crippen LogP contribution in [0.2, 0.25) is 0 Å². The second-order valence-electron chi connectivity index (χ2n) is 8.26. The fraction of sp³-hybridized carbons (Fsp3) is 0.391. The molecule has 0 atom stereocenters. The largest absolute Gasteiger partial charge is 0.423 e. The standard InChI is InChI=1S/C23H27N3O4S/c1-15-13-16(2)21(17(3)14-15)31(28,29)25(4)22(27)18-9-11-26(12-10-18)23-24-19-7-5-6-8-20(19)30-23/h5-8,13-14,18H,9-12H2,1-4H3. The number of nitrogens with zero attached hydrogens (tertiary/aromatic N) is 3. The lowest BCUT2D eigenvalue weighted by molar-refractivity contribution is -0.130. The number of amides is 1. The van der Waals surface area contributed by atoms with E-state index in [9.17, 15) is 13.2 Å². The minimum absolute atomic E-state index is 0.220. The molecule has 0 N–H and O–H groups in total. The van der Waals surface area contributed by atoms with Gasteiger partial charge in [0.15, 0.2) is 5.58 Å². The van der Waals surface area contributed by atoms with Gasteiger partial charge in [-0.05, 0) is 56.9 Å². The first-order valence-corrected chi connectivity index (χ1v) is 11.8. The Balaban J connectivity index is 1.48. The number of aromatic nitrogens is 1. The van der Waals surface area contributed by atoms with Crippen molar-refractivity contribution < 1.29 is 17.6 Å². The topological polar surface area (TPSA) is 83.7 Å². The van der Waals surface area contributed by atoms with Crippen molar-refractivity contribution >= 4 is 33.0 Å². The molecule has 2 aromatic carbocycles. The molecule has 0 bridgehead atoms. The molecular formula is C23H27N3O4S. The second kappa shape index (κ2) is 8.00. The monoisotopic (exact) mass is 441 g/mol. The molecule has 0 saturated carbocycles. The first kappa shape index (κ1) is 21.4. The highest BCUT2D eigenvalue weighted by Crippen LogP contribution is 2.30. The zero-order chi connectivity index (χ0) is 22.3. The van der Waals surface area contributed by atoms with Crippen molar-refractivity contribution in [1.29, 1.82) is 0 Å². The molecule has 1 aliphatic rings. The van der Waals surface area contributed by atoms with Gasteiger partial charge in [0.1, 0.15) is 5.52 Å². The number of para-hydroxylation sites is 2. The van der Waals surface area contributed by atoms with Crippen LogP contribution in [0.5, 0.6) is 0 Å². The highest BCUT2D eigenvalue weighted by Gasteiger charge is 2.35. The zero-order valence-electron chi connectivity index (χ0n) is 18.3. The number of carbonyl (C=O) groups excluding carboxylic acids is 1. The lowest BCUT2D eigenvalue weighted by Gasteiger charge is -2.32. The maximum Gasteiger partial charge on any atom is 0.298 e. The maximum absolute atomic E-state index is 13.2. The minimum atomic E-state index is -3.91. The van der Waals surface area contributed by atoms with E-state index in [2.05, 4.69) is 4.98 Å². The molecule has 1 saturated heterocycles. The summed E-state index contributed by atoms with van der Waals surface area (Å²) in [4.78, 5) is 19.8. The third kappa shape index (κ3) is 3.92. The van der Waals surface area contributed by atoms with Gasteiger partial charge in [0, 0.05) is 26.1 Å². The molecule has 1 amide bonds. The summed E-state index contributed by atoms with van der Waals surface area (Å²) >= 11 is 0. The predicted octanol–water partition coefficient (Wildman–Crippen LogP) is 3.82. The number of benzene rings is 2. The van der Waals surface area contributed by atoms with E-state index in [-0.39, 0.29) is 16.7 Å².